The molecule has 1 N–H and O–H groups in total. The van der Waals surface area contributed by atoms with E-state index < -0.39 is 0 Å². The van der Waals surface area contributed by atoms with E-state index in [-0.39, 0.29) is 10.6 Å². The van der Waals surface area contributed by atoms with Gasteiger partial charge in [-0.25, -0.2) is 0 Å². The molecule has 0 aliphatic heterocycles. The summed E-state index contributed by atoms with van der Waals surface area (Å²) in [5.74, 6) is 0. The van der Waals surface area contributed by atoms with Crippen LogP contribution in [0.2, 0.25) is 0 Å². The number of halogens is 1. The van der Waals surface area contributed by atoms with E-state index in [4.69, 9.17) is 0 Å². The molecule has 0 amide bonds. The van der Waals surface area contributed by atoms with Gasteiger partial charge in [-0.05, 0) is 30.7 Å². The Hall–Kier alpha value is -1.72. The molecule has 0 atom stereocenters. The first kappa shape index (κ1) is 14.7. The lowest BCUT2D eigenvalue weighted by atomic mass is 10.1. The number of nitrogens with zero attached hydrogens (tertiary/aromatic N) is 1. The van der Waals surface area contributed by atoms with E-state index >= 15 is 0 Å². The van der Waals surface area contributed by atoms with Gasteiger partial charge in [0, 0.05) is 22.6 Å². The molecule has 0 radical (unpaired) electrons. The molecule has 2 rings (SSSR count). The Morgan fingerprint density at radius 2 is 1.95 bits per heavy atom. The van der Waals surface area contributed by atoms with Crippen LogP contribution in [0.4, 0.5) is 5.69 Å². The normalized spacial score (nSPS) is 10.4. The van der Waals surface area contributed by atoms with Crippen LogP contribution in [0.1, 0.15) is 11.1 Å². The SMILES string of the molecule is O=[N+]([O-])c1ccccc1CCNCc1cccc(Br)c1. The standard InChI is InChI=1S/C15H15BrN2O2/c16-14-6-3-4-12(10-14)11-17-9-8-13-5-1-2-7-15(13)18(19)20/h1-7,10,17H,8-9,11H2. The fourth-order valence-electron chi connectivity index (χ4n) is 2.00. The molecule has 0 spiro atoms. The maximum atomic E-state index is 10.9. The molecule has 0 saturated heterocycles. The predicted molar refractivity (Wildman–Crippen MR) is 82.6 cm³/mol. The van der Waals surface area contributed by atoms with Crippen molar-refractivity contribution in [3.8, 4) is 0 Å². The zero-order valence-corrected chi connectivity index (χ0v) is 12.5. The second-order valence-electron chi connectivity index (χ2n) is 4.44. The molecule has 0 unspecified atom stereocenters. The molecular formula is C15H15BrN2O2. The molecule has 0 aromatic heterocycles. The van der Waals surface area contributed by atoms with Gasteiger partial charge in [0.25, 0.3) is 5.69 Å². The molecule has 2 aromatic rings. The second-order valence-corrected chi connectivity index (χ2v) is 5.36. The van der Waals surface area contributed by atoms with Gasteiger partial charge in [-0.15, -0.1) is 0 Å². The topological polar surface area (TPSA) is 55.2 Å². The number of nitrogens with one attached hydrogen (secondary N) is 1. The van der Waals surface area contributed by atoms with E-state index in [9.17, 15) is 10.1 Å². The third-order valence-corrected chi connectivity index (χ3v) is 3.47. The highest BCUT2D eigenvalue weighted by molar-refractivity contribution is 9.10. The first-order valence-electron chi connectivity index (χ1n) is 6.34. The van der Waals surface area contributed by atoms with Crippen molar-refractivity contribution in [1.29, 1.82) is 0 Å². The molecule has 0 aliphatic rings. The highest BCUT2D eigenvalue weighted by Gasteiger charge is 2.11. The van der Waals surface area contributed by atoms with Crippen molar-refractivity contribution >= 4 is 21.6 Å². The van der Waals surface area contributed by atoms with Gasteiger partial charge < -0.3 is 5.32 Å². The van der Waals surface area contributed by atoms with Gasteiger partial charge in [0.15, 0.2) is 0 Å². The molecule has 5 heteroatoms. The number of hydrogen-bond acceptors (Lipinski definition) is 3. The van der Waals surface area contributed by atoms with Crippen molar-refractivity contribution in [1.82, 2.24) is 5.32 Å². The van der Waals surface area contributed by atoms with Crippen LogP contribution in [0.3, 0.4) is 0 Å². The van der Waals surface area contributed by atoms with Crippen molar-refractivity contribution in [2.75, 3.05) is 6.54 Å². The van der Waals surface area contributed by atoms with Gasteiger partial charge in [-0.1, -0.05) is 46.3 Å². The van der Waals surface area contributed by atoms with Crippen LogP contribution in [0.15, 0.2) is 53.0 Å². The van der Waals surface area contributed by atoms with Crippen molar-refractivity contribution in [2.24, 2.45) is 0 Å². The van der Waals surface area contributed by atoms with Crippen LogP contribution in [0.5, 0.6) is 0 Å². The van der Waals surface area contributed by atoms with Gasteiger partial charge in [0.1, 0.15) is 0 Å². The third kappa shape index (κ3) is 4.15. The fourth-order valence-corrected chi connectivity index (χ4v) is 2.45. The molecule has 2 aromatic carbocycles. The zero-order valence-electron chi connectivity index (χ0n) is 10.9. The van der Waals surface area contributed by atoms with E-state index in [1.54, 1.807) is 18.2 Å². The predicted octanol–water partition coefficient (Wildman–Crippen LogP) is 3.69. The van der Waals surface area contributed by atoms with E-state index in [0.29, 0.717) is 13.0 Å². The first-order valence-corrected chi connectivity index (χ1v) is 7.13. The Labute approximate surface area is 126 Å². The quantitative estimate of drug-likeness (QED) is 0.498. The lowest BCUT2D eigenvalue weighted by Crippen LogP contribution is -2.17. The Bertz CT molecular complexity index is 602. The summed E-state index contributed by atoms with van der Waals surface area (Å²) in [6, 6.07) is 14.9. The van der Waals surface area contributed by atoms with E-state index in [1.165, 1.54) is 5.56 Å². The molecule has 4 nitrogen and oxygen atoms in total. The average molecular weight is 335 g/mol. The summed E-state index contributed by atoms with van der Waals surface area (Å²) in [5, 5.41) is 14.2. The van der Waals surface area contributed by atoms with Crippen LogP contribution in [-0.4, -0.2) is 11.5 Å². The summed E-state index contributed by atoms with van der Waals surface area (Å²) in [5.41, 5.74) is 2.14. The summed E-state index contributed by atoms with van der Waals surface area (Å²) in [7, 11) is 0. The summed E-state index contributed by atoms with van der Waals surface area (Å²) in [6.07, 6.45) is 0.644. The maximum Gasteiger partial charge on any atom is 0.272 e. The van der Waals surface area contributed by atoms with Crippen LogP contribution in [0, 0.1) is 10.1 Å². The van der Waals surface area contributed by atoms with E-state index in [2.05, 4.69) is 27.3 Å². The third-order valence-electron chi connectivity index (χ3n) is 2.98. The summed E-state index contributed by atoms with van der Waals surface area (Å²) in [6.45, 7) is 1.46. The molecule has 0 saturated carbocycles. The number of nitro groups is 1. The van der Waals surface area contributed by atoms with Gasteiger partial charge in [0.05, 0.1) is 4.92 Å². The smallest absolute Gasteiger partial charge is 0.272 e. The van der Waals surface area contributed by atoms with Crippen LogP contribution in [-0.2, 0) is 13.0 Å². The Morgan fingerprint density at radius 3 is 2.70 bits per heavy atom. The van der Waals surface area contributed by atoms with Crippen LogP contribution >= 0.6 is 15.9 Å². The Balaban J connectivity index is 1.86. The van der Waals surface area contributed by atoms with Gasteiger partial charge in [0.2, 0.25) is 0 Å². The molecule has 104 valence electrons. The van der Waals surface area contributed by atoms with Gasteiger partial charge in [-0.2, -0.15) is 0 Å². The first-order chi connectivity index (χ1) is 9.66. The van der Waals surface area contributed by atoms with E-state index in [1.807, 2.05) is 24.3 Å². The van der Waals surface area contributed by atoms with Crippen molar-refractivity contribution in [2.45, 2.75) is 13.0 Å². The number of nitro benzene ring substituents is 1. The Kier molecular flexibility index (Phi) is 5.26. The van der Waals surface area contributed by atoms with Gasteiger partial charge in [-0.3, -0.25) is 10.1 Å². The molecular weight excluding hydrogens is 320 g/mol. The highest BCUT2D eigenvalue weighted by Crippen LogP contribution is 2.17. The molecule has 0 bridgehead atoms. The molecule has 0 aliphatic carbocycles. The lowest BCUT2D eigenvalue weighted by Gasteiger charge is -2.06. The Morgan fingerprint density at radius 1 is 1.15 bits per heavy atom. The molecule has 20 heavy (non-hydrogen) atoms. The average Bonchev–Trinajstić information content (AvgIpc) is 2.44. The number of benzene rings is 2. The van der Waals surface area contributed by atoms with Crippen molar-refractivity contribution in [3.05, 3.63) is 74.2 Å². The number of rotatable bonds is 6. The van der Waals surface area contributed by atoms with Crippen LogP contribution in [0.25, 0.3) is 0 Å². The summed E-state index contributed by atoms with van der Waals surface area (Å²) >= 11 is 3.43. The lowest BCUT2D eigenvalue weighted by molar-refractivity contribution is -0.385. The molecule has 0 heterocycles. The minimum Gasteiger partial charge on any atom is -0.312 e. The largest absolute Gasteiger partial charge is 0.312 e. The minimum atomic E-state index is -0.330. The maximum absolute atomic E-state index is 10.9. The number of hydrogen-bond donors (Lipinski definition) is 1. The summed E-state index contributed by atoms with van der Waals surface area (Å²) in [4.78, 5) is 10.6. The van der Waals surface area contributed by atoms with Crippen LogP contribution < -0.4 is 5.32 Å². The second kappa shape index (κ2) is 7.17. The minimum absolute atomic E-state index is 0.191. The monoisotopic (exact) mass is 334 g/mol. The molecule has 0 fully saturated rings. The van der Waals surface area contributed by atoms with Crippen molar-refractivity contribution < 1.29 is 4.92 Å². The van der Waals surface area contributed by atoms with Gasteiger partial charge >= 0.3 is 0 Å². The highest BCUT2D eigenvalue weighted by atomic mass is 79.9. The van der Waals surface area contributed by atoms with Crippen molar-refractivity contribution in [3.63, 3.8) is 0 Å². The summed E-state index contributed by atoms with van der Waals surface area (Å²) < 4.78 is 1.05. The fraction of sp³-hybridized carbons (Fsp3) is 0.200. The zero-order chi connectivity index (χ0) is 14.4. The number of para-hydroxylation sites is 1. The van der Waals surface area contributed by atoms with E-state index in [0.717, 1.165) is 16.6 Å².